The second-order valence-corrected chi connectivity index (χ2v) is 4.32. The van der Waals surface area contributed by atoms with Crippen molar-refractivity contribution >= 4 is 29.2 Å². The molecule has 0 aliphatic heterocycles. The van der Waals surface area contributed by atoms with E-state index in [4.69, 9.17) is 34.7 Å². The summed E-state index contributed by atoms with van der Waals surface area (Å²) in [6.07, 6.45) is 5.18. The van der Waals surface area contributed by atoms with E-state index in [0.717, 1.165) is 5.56 Å². The molecule has 0 bridgehead atoms. The number of nitrogens with zero attached hydrogens (tertiary/aromatic N) is 1. The van der Waals surface area contributed by atoms with Crippen molar-refractivity contribution in [2.45, 2.75) is 6.54 Å². The molecule has 0 heterocycles. The highest BCUT2D eigenvalue weighted by Gasteiger charge is 2.11. The first-order valence-electron chi connectivity index (χ1n) is 4.84. The van der Waals surface area contributed by atoms with Crippen LogP contribution < -0.4 is 0 Å². The van der Waals surface area contributed by atoms with E-state index in [1.165, 1.54) is 0 Å². The Morgan fingerprint density at radius 2 is 2.18 bits per heavy atom. The lowest BCUT2D eigenvalue weighted by molar-refractivity contribution is -0.138. The molecule has 17 heavy (non-hydrogen) atoms. The molecule has 0 atom stereocenters. The van der Waals surface area contributed by atoms with Gasteiger partial charge in [0.1, 0.15) is 0 Å². The first-order chi connectivity index (χ1) is 8.02. The Bertz CT molecular complexity index is 454. The van der Waals surface area contributed by atoms with E-state index in [2.05, 4.69) is 5.92 Å². The molecule has 1 rings (SSSR count). The summed E-state index contributed by atoms with van der Waals surface area (Å²) in [7, 11) is 0. The number of carboxylic acid groups (broad SMARTS) is 1. The summed E-state index contributed by atoms with van der Waals surface area (Å²) in [5.74, 6) is 1.48. The fourth-order valence-corrected chi connectivity index (χ4v) is 1.77. The molecule has 0 unspecified atom stereocenters. The van der Waals surface area contributed by atoms with E-state index in [1.54, 1.807) is 23.1 Å². The fourth-order valence-electron chi connectivity index (χ4n) is 1.39. The van der Waals surface area contributed by atoms with E-state index in [1.807, 2.05) is 0 Å². The lowest BCUT2D eigenvalue weighted by atomic mass is 10.2. The molecule has 0 radical (unpaired) electrons. The van der Waals surface area contributed by atoms with E-state index in [9.17, 15) is 4.79 Å². The third kappa shape index (κ3) is 4.66. The summed E-state index contributed by atoms with van der Waals surface area (Å²) >= 11 is 11.8. The van der Waals surface area contributed by atoms with Crippen molar-refractivity contribution in [2.75, 3.05) is 13.1 Å². The van der Waals surface area contributed by atoms with Crippen molar-refractivity contribution < 1.29 is 9.90 Å². The average Bonchev–Trinajstić information content (AvgIpc) is 2.23. The zero-order valence-corrected chi connectivity index (χ0v) is 10.5. The molecule has 1 aromatic rings. The molecule has 1 N–H and O–H groups in total. The van der Waals surface area contributed by atoms with E-state index < -0.39 is 5.97 Å². The van der Waals surface area contributed by atoms with Gasteiger partial charge in [0.15, 0.2) is 0 Å². The number of halogens is 2. The van der Waals surface area contributed by atoms with Crippen LogP contribution in [0.15, 0.2) is 18.2 Å². The molecule has 0 saturated carbocycles. The molecule has 1 aromatic carbocycles. The van der Waals surface area contributed by atoms with Crippen molar-refractivity contribution in [1.82, 2.24) is 4.90 Å². The minimum absolute atomic E-state index is 0.132. The minimum Gasteiger partial charge on any atom is -0.480 e. The summed E-state index contributed by atoms with van der Waals surface area (Å²) in [6.45, 7) is 0.470. The van der Waals surface area contributed by atoms with Crippen LogP contribution in [0, 0.1) is 12.3 Å². The van der Waals surface area contributed by atoms with Crippen molar-refractivity contribution in [3.63, 3.8) is 0 Å². The zero-order chi connectivity index (χ0) is 12.8. The van der Waals surface area contributed by atoms with Crippen LogP contribution in [0.1, 0.15) is 5.56 Å². The fraction of sp³-hybridized carbons (Fsp3) is 0.250. The Morgan fingerprint density at radius 1 is 1.47 bits per heavy atom. The van der Waals surface area contributed by atoms with Crippen molar-refractivity contribution in [1.29, 1.82) is 0 Å². The van der Waals surface area contributed by atoms with Gasteiger partial charge in [0.05, 0.1) is 13.1 Å². The van der Waals surface area contributed by atoms with Gasteiger partial charge in [-0.2, -0.15) is 0 Å². The molecule has 0 aliphatic rings. The third-order valence-electron chi connectivity index (χ3n) is 2.08. The van der Waals surface area contributed by atoms with E-state index in [-0.39, 0.29) is 13.1 Å². The van der Waals surface area contributed by atoms with Gasteiger partial charge in [-0.1, -0.05) is 29.1 Å². The number of aliphatic carboxylic acids is 1. The highest BCUT2D eigenvalue weighted by molar-refractivity contribution is 6.33. The summed E-state index contributed by atoms with van der Waals surface area (Å²) in [4.78, 5) is 12.3. The van der Waals surface area contributed by atoms with Crippen LogP contribution in [0.4, 0.5) is 0 Å². The Labute approximate surface area is 110 Å². The standard InChI is InChI=1S/C12H11Cl2NO2/c1-2-5-15(8-12(16)17)7-9-6-10(13)3-4-11(9)14/h1,3-4,6H,5,7-8H2,(H,16,17). The third-order valence-corrected chi connectivity index (χ3v) is 2.68. The summed E-state index contributed by atoms with van der Waals surface area (Å²) in [6, 6.07) is 5.05. The van der Waals surface area contributed by atoms with Crippen molar-refractivity contribution in [2.24, 2.45) is 0 Å². The molecule has 0 saturated heterocycles. The topological polar surface area (TPSA) is 40.5 Å². The van der Waals surface area contributed by atoms with Gasteiger partial charge in [-0.25, -0.2) is 0 Å². The van der Waals surface area contributed by atoms with Crippen molar-refractivity contribution in [3.05, 3.63) is 33.8 Å². The smallest absolute Gasteiger partial charge is 0.317 e. The summed E-state index contributed by atoms with van der Waals surface area (Å²) in [5, 5.41) is 9.84. The van der Waals surface area contributed by atoms with Gasteiger partial charge in [0.25, 0.3) is 0 Å². The predicted octanol–water partition coefficient (Wildman–Crippen LogP) is 2.51. The second kappa shape index (κ2) is 6.51. The molecular weight excluding hydrogens is 261 g/mol. The maximum Gasteiger partial charge on any atom is 0.317 e. The molecule has 0 spiro atoms. The highest BCUT2D eigenvalue weighted by atomic mass is 35.5. The van der Waals surface area contributed by atoms with Gasteiger partial charge in [0, 0.05) is 16.6 Å². The van der Waals surface area contributed by atoms with E-state index >= 15 is 0 Å². The molecular formula is C12H11Cl2NO2. The Balaban J connectivity index is 2.81. The van der Waals surface area contributed by atoms with Crippen LogP contribution in [0.2, 0.25) is 10.0 Å². The van der Waals surface area contributed by atoms with Crippen molar-refractivity contribution in [3.8, 4) is 12.3 Å². The highest BCUT2D eigenvalue weighted by Crippen LogP contribution is 2.21. The van der Waals surface area contributed by atoms with Gasteiger partial charge in [-0.15, -0.1) is 6.42 Å². The first kappa shape index (κ1) is 13.9. The lowest BCUT2D eigenvalue weighted by Crippen LogP contribution is -2.29. The number of terminal acetylenes is 1. The number of hydrogen-bond donors (Lipinski definition) is 1. The quantitative estimate of drug-likeness (QED) is 0.837. The SMILES string of the molecule is C#CCN(CC(=O)O)Cc1cc(Cl)ccc1Cl. The number of carboxylic acids is 1. The van der Waals surface area contributed by atoms with Gasteiger partial charge < -0.3 is 5.11 Å². The maximum atomic E-state index is 10.7. The van der Waals surface area contributed by atoms with Gasteiger partial charge in [-0.05, 0) is 23.8 Å². The molecule has 90 valence electrons. The minimum atomic E-state index is -0.932. The van der Waals surface area contributed by atoms with Crippen LogP contribution >= 0.6 is 23.2 Å². The number of carbonyl (C=O) groups is 1. The van der Waals surface area contributed by atoms with E-state index in [0.29, 0.717) is 16.6 Å². The molecule has 5 heteroatoms. The summed E-state index contributed by atoms with van der Waals surface area (Å²) < 4.78 is 0. The molecule has 0 fully saturated rings. The van der Waals surface area contributed by atoms with Crippen LogP contribution in [-0.4, -0.2) is 29.1 Å². The van der Waals surface area contributed by atoms with Crippen LogP contribution in [0.3, 0.4) is 0 Å². The summed E-state index contributed by atoms with van der Waals surface area (Å²) in [5.41, 5.74) is 0.760. The molecule has 0 amide bonds. The monoisotopic (exact) mass is 271 g/mol. The largest absolute Gasteiger partial charge is 0.480 e. The number of benzene rings is 1. The Kier molecular flexibility index (Phi) is 5.30. The van der Waals surface area contributed by atoms with Gasteiger partial charge in [0.2, 0.25) is 0 Å². The van der Waals surface area contributed by atoms with Gasteiger partial charge in [-0.3, -0.25) is 9.69 Å². The second-order valence-electron chi connectivity index (χ2n) is 3.48. The Morgan fingerprint density at radius 3 is 2.76 bits per heavy atom. The molecule has 0 aliphatic carbocycles. The van der Waals surface area contributed by atoms with Gasteiger partial charge >= 0.3 is 5.97 Å². The average molecular weight is 272 g/mol. The Hall–Kier alpha value is -1.21. The zero-order valence-electron chi connectivity index (χ0n) is 8.99. The van der Waals surface area contributed by atoms with Crippen LogP contribution in [0.5, 0.6) is 0 Å². The van der Waals surface area contributed by atoms with Crippen LogP contribution in [0.25, 0.3) is 0 Å². The number of hydrogen-bond acceptors (Lipinski definition) is 2. The maximum absolute atomic E-state index is 10.7. The van der Waals surface area contributed by atoms with Crippen LogP contribution in [-0.2, 0) is 11.3 Å². The predicted molar refractivity (Wildman–Crippen MR) is 68.2 cm³/mol. The molecule has 3 nitrogen and oxygen atoms in total. The normalized spacial score (nSPS) is 10.2. The molecule has 0 aromatic heterocycles. The lowest BCUT2D eigenvalue weighted by Gasteiger charge is -2.18. The number of rotatable bonds is 5. The first-order valence-corrected chi connectivity index (χ1v) is 5.60.